The molecule has 0 aromatic carbocycles. The van der Waals surface area contributed by atoms with Crippen molar-refractivity contribution < 1.29 is 17.6 Å². The van der Waals surface area contributed by atoms with Crippen LogP contribution in [0.2, 0.25) is 0 Å². The number of rotatable bonds is 6. The second kappa shape index (κ2) is 6.51. The van der Waals surface area contributed by atoms with Crippen molar-refractivity contribution in [1.29, 1.82) is 0 Å². The van der Waals surface area contributed by atoms with E-state index >= 15 is 0 Å². The first-order chi connectivity index (χ1) is 9.56. The third kappa shape index (κ3) is 3.47. The van der Waals surface area contributed by atoms with E-state index < -0.39 is 10.0 Å². The number of aryl methyl sites for hydroxylation is 1. The number of ether oxygens (including phenoxy) is 1. The maximum absolute atomic E-state index is 12.0. The Morgan fingerprint density at radius 1 is 1.25 bits per heavy atom. The molecule has 1 fully saturated rings. The van der Waals surface area contributed by atoms with E-state index in [1.807, 2.05) is 11.8 Å². The molecule has 1 saturated heterocycles. The number of methoxy groups -OCH3 is 1. The molecule has 9 heteroatoms. The summed E-state index contributed by atoms with van der Waals surface area (Å²) in [5.74, 6) is 0.611. The van der Waals surface area contributed by atoms with Crippen molar-refractivity contribution in [3.05, 3.63) is 5.89 Å². The summed E-state index contributed by atoms with van der Waals surface area (Å²) in [6, 6.07) is 0.468. The number of hydrogen-bond acceptors (Lipinski definition) is 7. The van der Waals surface area contributed by atoms with Crippen molar-refractivity contribution in [2.24, 2.45) is 0 Å². The fourth-order valence-corrected chi connectivity index (χ4v) is 3.35. The van der Waals surface area contributed by atoms with Gasteiger partial charge >= 0.3 is 6.01 Å². The van der Waals surface area contributed by atoms with Crippen LogP contribution in [0.4, 0.5) is 6.01 Å². The molecule has 0 aliphatic carbocycles. The van der Waals surface area contributed by atoms with E-state index in [9.17, 15) is 8.42 Å². The first-order valence-electron chi connectivity index (χ1n) is 6.61. The lowest BCUT2D eigenvalue weighted by Gasteiger charge is -2.32. The Kier molecular flexibility index (Phi) is 4.95. The van der Waals surface area contributed by atoms with Gasteiger partial charge in [-0.15, -0.1) is 5.10 Å². The lowest BCUT2D eigenvalue weighted by molar-refractivity contribution is 0.215. The molecule has 1 aliphatic rings. The van der Waals surface area contributed by atoms with Gasteiger partial charge in [-0.2, -0.15) is 4.31 Å². The highest BCUT2D eigenvalue weighted by molar-refractivity contribution is 7.89. The molecule has 2 rings (SSSR count). The fraction of sp³-hybridized carbons (Fsp3) is 0.818. The van der Waals surface area contributed by atoms with Crippen molar-refractivity contribution >= 4 is 16.0 Å². The van der Waals surface area contributed by atoms with Crippen molar-refractivity contribution in [2.75, 3.05) is 50.5 Å². The van der Waals surface area contributed by atoms with Gasteiger partial charge in [0, 0.05) is 39.7 Å². The SMILES string of the molecule is CCc1nnc(N2CCN(S(=O)(=O)CCOC)CC2)o1. The number of hydrogen-bond donors (Lipinski definition) is 0. The predicted octanol–water partition coefficient (Wildman–Crippen LogP) is -0.270. The van der Waals surface area contributed by atoms with Crippen molar-refractivity contribution in [1.82, 2.24) is 14.5 Å². The Morgan fingerprint density at radius 3 is 2.50 bits per heavy atom. The Balaban J connectivity index is 1.92. The summed E-state index contributed by atoms with van der Waals surface area (Å²) in [6.07, 6.45) is 0.693. The van der Waals surface area contributed by atoms with E-state index in [1.54, 1.807) is 0 Å². The van der Waals surface area contributed by atoms with Gasteiger partial charge in [0.1, 0.15) is 0 Å². The second-order valence-electron chi connectivity index (χ2n) is 4.53. The fourth-order valence-electron chi connectivity index (χ4n) is 1.99. The molecule has 2 heterocycles. The first-order valence-corrected chi connectivity index (χ1v) is 8.22. The zero-order valence-corrected chi connectivity index (χ0v) is 12.6. The van der Waals surface area contributed by atoms with Gasteiger partial charge in [-0.3, -0.25) is 0 Å². The lowest BCUT2D eigenvalue weighted by atomic mass is 10.4. The summed E-state index contributed by atoms with van der Waals surface area (Å²) in [7, 11) is -1.74. The summed E-state index contributed by atoms with van der Waals surface area (Å²) in [5, 5.41) is 7.88. The topological polar surface area (TPSA) is 88.8 Å². The monoisotopic (exact) mass is 304 g/mol. The van der Waals surface area contributed by atoms with E-state index in [-0.39, 0.29) is 12.4 Å². The Bertz CT molecular complexity index is 522. The van der Waals surface area contributed by atoms with Crippen LogP contribution < -0.4 is 4.90 Å². The highest BCUT2D eigenvalue weighted by atomic mass is 32.2. The molecule has 1 aromatic heterocycles. The number of aromatic nitrogens is 2. The molecular formula is C11H20N4O4S. The van der Waals surface area contributed by atoms with Gasteiger partial charge in [0.05, 0.1) is 12.4 Å². The molecule has 20 heavy (non-hydrogen) atoms. The second-order valence-corrected chi connectivity index (χ2v) is 6.62. The average Bonchev–Trinajstić information content (AvgIpc) is 2.94. The Morgan fingerprint density at radius 2 is 1.95 bits per heavy atom. The lowest BCUT2D eigenvalue weighted by Crippen LogP contribution is -2.49. The largest absolute Gasteiger partial charge is 0.408 e. The molecule has 1 aromatic rings. The van der Waals surface area contributed by atoms with Gasteiger partial charge in [-0.25, -0.2) is 8.42 Å². The van der Waals surface area contributed by atoms with E-state index in [0.29, 0.717) is 44.5 Å². The minimum absolute atomic E-state index is 0.0179. The van der Waals surface area contributed by atoms with Crippen LogP contribution in [0, 0.1) is 0 Å². The maximum Gasteiger partial charge on any atom is 0.318 e. The molecule has 0 N–H and O–H groups in total. The van der Waals surface area contributed by atoms with Gasteiger partial charge in [0.25, 0.3) is 0 Å². The Labute approximate surface area is 118 Å². The van der Waals surface area contributed by atoms with Gasteiger partial charge in [-0.05, 0) is 0 Å². The van der Waals surface area contributed by atoms with Crippen LogP contribution in [0.15, 0.2) is 4.42 Å². The van der Waals surface area contributed by atoms with Gasteiger partial charge in [-0.1, -0.05) is 12.0 Å². The van der Waals surface area contributed by atoms with E-state index in [0.717, 1.165) is 0 Å². The molecular weight excluding hydrogens is 284 g/mol. The zero-order chi connectivity index (χ0) is 14.6. The molecule has 0 unspecified atom stereocenters. The Hall–Kier alpha value is -1.19. The van der Waals surface area contributed by atoms with Crippen molar-refractivity contribution in [2.45, 2.75) is 13.3 Å². The van der Waals surface area contributed by atoms with Gasteiger partial charge in [0.15, 0.2) is 0 Å². The minimum atomic E-state index is -3.24. The molecule has 0 radical (unpaired) electrons. The molecule has 0 saturated carbocycles. The van der Waals surface area contributed by atoms with Gasteiger partial charge in [0.2, 0.25) is 15.9 Å². The molecule has 8 nitrogen and oxygen atoms in total. The third-order valence-electron chi connectivity index (χ3n) is 3.21. The summed E-state index contributed by atoms with van der Waals surface area (Å²) >= 11 is 0. The number of nitrogens with zero attached hydrogens (tertiary/aromatic N) is 4. The summed E-state index contributed by atoms with van der Waals surface area (Å²) in [6.45, 7) is 4.12. The summed E-state index contributed by atoms with van der Waals surface area (Å²) in [4.78, 5) is 1.91. The average molecular weight is 304 g/mol. The van der Waals surface area contributed by atoms with Crippen LogP contribution >= 0.6 is 0 Å². The smallest absolute Gasteiger partial charge is 0.318 e. The minimum Gasteiger partial charge on any atom is -0.408 e. The molecule has 1 aliphatic heterocycles. The van der Waals surface area contributed by atoms with Crippen LogP contribution in [-0.2, 0) is 21.2 Å². The molecule has 0 bridgehead atoms. The number of anilines is 1. The summed E-state index contributed by atoms with van der Waals surface area (Å²) < 4.78 is 35.8. The zero-order valence-electron chi connectivity index (χ0n) is 11.8. The van der Waals surface area contributed by atoms with E-state index in [1.165, 1.54) is 11.4 Å². The van der Waals surface area contributed by atoms with Gasteiger partial charge < -0.3 is 14.1 Å². The standard InChI is InChI=1S/C11H20N4O4S/c1-3-10-12-13-11(19-10)14-4-6-15(7-5-14)20(16,17)9-8-18-2/h3-9H2,1-2H3. The number of sulfonamides is 1. The van der Waals surface area contributed by atoms with Crippen LogP contribution in [0.3, 0.4) is 0 Å². The van der Waals surface area contributed by atoms with E-state index in [4.69, 9.17) is 9.15 Å². The highest BCUT2D eigenvalue weighted by Crippen LogP contribution is 2.16. The number of piperazine rings is 1. The molecule has 114 valence electrons. The molecule has 0 spiro atoms. The molecule has 0 atom stereocenters. The van der Waals surface area contributed by atoms with Crippen LogP contribution in [0.25, 0.3) is 0 Å². The first kappa shape index (κ1) is 15.2. The highest BCUT2D eigenvalue weighted by Gasteiger charge is 2.28. The summed E-state index contributed by atoms with van der Waals surface area (Å²) in [5.41, 5.74) is 0. The van der Waals surface area contributed by atoms with Crippen LogP contribution in [0.1, 0.15) is 12.8 Å². The quantitative estimate of drug-likeness (QED) is 0.714. The third-order valence-corrected chi connectivity index (χ3v) is 5.04. The van der Waals surface area contributed by atoms with E-state index in [2.05, 4.69) is 10.2 Å². The van der Waals surface area contributed by atoms with Crippen LogP contribution in [-0.4, -0.2) is 68.6 Å². The maximum atomic E-state index is 12.0. The predicted molar refractivity (Wildman–Crippen MR) is 73.1 cm³/mol. The normalized spacial score (nSPS) is 17.6. The van der Waals surface area contributed by atoms with Crippen molar-refractivity contribution in [3.8, 4) is 0 Å². The molecule has 0 amide bonds. The van der Waals surface area contributed by atoms with Crippen LogP contribution in [0.5, 0.6) is 0 Å². The van der Waals surface area contributed by atoms with Crippen molar-refractivity contribution in [3.63, 3.8) is 0 Å².